The largest absolute Gasteiger partial charge is 0.756 e. The molecule has 0 radical (unpaired) electrons. The van der Waals surface area contributed by atoms with E-state index in [2.05, 4.69) is 99.0 Å². The monoisotopic (exact) mass is 999 g/mol. The average Bonchev–Trinajstić information content (AvgIpc) is 3.32. The summed E-state index contributed by atoms with van der Waals surface area (Å²) in [7, 11) is 1.14. The fourth-order valence-corrected chi connectivity index (χ4v) is 8.38. The molecule has 3 unspecified atom stereocenters. The molecule has 404 valence electrons. The summed E-state index contributed by atoms with van der Waals surface area (Å²) in [5.41, 5.74) is 0. The fraction of sp³-hybridized carbons (Fsp3) is 0.733. The number of quaternary nitrogens is 1. The molecule has 0 spiro atoms. The summed E-state index contributed by atoms with van der Waals surface area (Å²) in [6, 6.07) is -0.912. The average molecular weight is 999 g/mol. The van der Waals surface area contributed by atoms with Crippen LogP contribution in [0, 0.1) is 0 Å². The number of unbranched alkanes of at least 4 members (excludes halogenated alkanes) is 22. The van der Waals surface area contributed by atoms with E-state index in [0.29, 0.717) is 23.9 Å². The van der Waals surface area contributed by atoms with Crippen molar-refractivity contribution in [2.24, 2.45) is 0 Å². The number of likely N-dealkylation sites (N-methyl/N-ethyl adjacent to an activating group) is 1. The van der Waals surface area contributed by atoms with Gasteiger partial charge in [-0.15, -0.1) is 0 Å². The van der Waals surface area contributed by atoms with Crippen molar-refractivity contribution in [1.82, 2.24) is 5.32 Å². The van der Waals surface area contributed by atoms with E-state index >= 15 is 0 Å². The maximum Gasteiger partial charge on any atom is 0.306 e. The van der Waals surface area contributed by atoms with Crippen LogP contribution >= 0.6 is 7.82 Å². The highest BCUT2D eigenvalue weighted by Gasteiger charge is 2.27. The number of carbonyl (C=O) groups excluding carboxylic acids is 2. The van der Waals surface area contributed by atoms with Crippen LogP contribution in [0.4, 0.5) is 0 Å². The van der Waals surface area contributed by atoms with Crippen LogP contribution in [-0.2, 0) is 27.9 Å². The van der Waals surface area contributed by atoms with E-state index in [1.54, 1.807) is 0 Å². The van der Waals surface area contributed by atoms with E-state index in [1.165, 1.54) is 83.5 Å². The molecule has 0 saturated carbocycles. The molecule has 0 bridgehead atoms. The molecule has 3 atom stereocenters. The first kappa shape index (κ1) is 67.2. The Morgan fingerprint density at radius 1 is 0.514 bits per heavy atom. The lowest BCUT2D eigenvalue weighted by molar-refractivity contribution is -0.870. The Morgan fingerprint density at radius 3 is 1.40 bits per heavy atom. The molecule has 10 heteroatoms. The molecule has 0 aromatic rings. The molecule has 0 heterocycles. The first-order valence-electron chi connectivity index (χ1n) is 28.4. The summed E-state index contributed by atoms with van der Waals surface area (Å²) in [4.78, 5) is 39.8. The predicted octanol–water partition coefficient (Wildman–Crippen LogP) is 16.4. The van der Waals surface area contributed by atoms with Crippen LogP contribution in [-0.4, -0.2) is 69.4 Å². The highest BCUT2D eigenvalue weighted by atomic mass is 31.2. The van der Waals surface area contributed by atoms with E-state index in [9.17, 15) is 19.0 Å². The van der Waals surface area contributed by atoms with Gasteiger partial charge in [0.1, 0.15) is 19.3 Å². The second-order valence-electron chi connectivity index (χ2n) is 20.1. The molecule has 1 N–H and O–H groups in total. The zero-order valence-electron chi connectivity index (χ0n) is 45.9. The van der Waals surface area contributed by atoms with Gasteiger partial charge in [0.15, 0.2) is 0 Å². The molecule has 0 saturated heterocycles. The minimum atomic E-state index is -4.71. The second kappa shape index (κ2) is 49.8. The topological polar surface area (TPSA) is 114 Å². The zero-order valence-corrected chi connectivity index (χ0v) is 46.8. The third-order valence-corrected chi connectivity index (χ3v) is 13.0. The van der Waals surface area contributed by atoms with Gasteiger partial charge in [-0.2, -0.15) is 0 Å². The summed E-state index contributed by atoms with van der Waals surface area (Å²) in [5, 5.41) is 3.00. The summed E-state index contributed by atoms with van der Waals surface area (Å²) in [6.45, 7) is 6.65. The Balaban J connectivity index is 5.46. The van der Waals surface area contributed by atoms with Crippen molar-refractivity contribution in [3.63, 3.8) is 0 Å². The molecule has 9 nitrogen and oxygen atoms in total. The number of rotatable bonds is 50. The van der Waals surface area contributed by atoms with Gasteiger partial charge in [0.25, 0.3) is 7.82 Å². The molecular weight excluding hydrogens is 892 g/mol. The fourth-order valence-electron chi connectivity index (χ4n) is 7.66. The molecular formula is C60H107N2O7P. The van der Waals surface area contributed by atoms with Gasteiger partial charge in [0.05, 0.1) is 33.8 Å². The lowest BCUT2D eigenvalue weighted by atomic mass is 10.0. The van der Waals surface area contributed by atoms with Gasteiger partial charge in [-0.1, -0.05) is 202 Å². The van der Waals surface area contributed by atoms with Crippen molar-refractivity contribution in [1.29, 1.82) is 0 Å². The summed E-state index contributed by atoms with van der Waals surface area (Å²) in [6.07, 6.45) is 64.0. The summed E-state index contributed by atoms with van der Waals surface area (Å²) in [5.74, 6) is -0.597. The maximum atomic E-state index is 13.5. The van der Waals surface area contributed by atoms with E-state index in [0.717, 1.165) is 103 Å². The Kier molecular flexibility index (Phi) is 47.8. The molecule has 0 fully saturated rings. The van der Waals surface area contributed by atoms with E-state index in [1.807, 2.05) is 33.3 Å². The number of phosphoric ester groups is 1. The first-order valence-corrected chi connectivity index (χ1v) is 29.9. The third kappa shape index (κ3) is 50.1. The number of allylic oxidation sites excluding steroid dienone is 13. The van der Waals surface area contributed by atoms with Crippen LogP contribution in [0.2, 0.25) is 0 Å². The number of nitrogens with one attached hydrogen (secondary N) is 1. The van der Waals surface area contributed by atoms with Crippen molar-refractivity contribution >= 4 is 19.7 Å². The van der Waals surface area contributed by atoms with E-state index < -0.39 is 26.6 Å². The second-order valence-corrected chi connectivity index (χ2v) is 21.5. The zero-order chi connectivity index (χ0) is 51.5. The van der Waals surface area contributed by atoms with Crippen LogP contribution < -0.4 is 10.2 Å². The Hall–Kier alpha value is -2.81. The van der Waals surface area contributed by atoms with Gasteiger partial charge in [0, 0.05) is 12.8 Å². The van der Waals surface area contributed by atoms with Crippen LogP contribution in [0.3, 0.4) is 0 Å². The van der Waals surface area contributed by atoms with Crippen LogP contribution in [0.5, 0.6) is 0 Å². The number of amides is 1. The van der Waals surface area contributed by atoms with Gasteiger partial charge in [-0.25, -0.2) is 0 Å². The highest BCUT2D eigenvalue weighted by molar-refractivity contribution is 7.45. The molecule has 0 aliphatic rings. The molecule has 0 aliphatic carbocycles. The van der Waals surface area contributed by atoms with Crippen molar-refractivity contribution in [3.8, 4) is 0 Å². The Labute approximate surface area is 431 Å². The summed E-state index contributed by atoms with van der Waals surface area (Å²) < 4.78 is 30.2. The number of phosphoric acid groups is 1. The van der Waals surface area contributed by atoms with Gasteiger partial charge < -0.3 is 28.5 Å². The van der Waals surface area contributed by atoms with Crippen LogP contribution in [0.25, 0.3) is 0 Å². The van der Waals surface area contributed by atoms with Crippen molar-refractivity contribution < 1.29 is 37.3 Å². The lowest BCUT2D eigenvalue weighted by Gasteiger charge is -2.30. The molecule has 0 aromatic heterocycles. The van der Waals surface area contributed by atoms with Gasteiger partial charge in [0.2, 0.25) is 5.91 Å². The number of ether oxygens (including phenoxy) is 1. The van der Waals surface area contributed by atoms with Crippen molar-refractivity contribution in [2.45, 2.75) is 245 Å². The number of nitrogens with zero attached hydrogens (tertiary/aromatic N) is 1. The smallest absolute Gasteiger partial charge is 0.306 e. The molecule has 0 rings (SSSR count). The minimum Gasteiger partial charge on any atom is -0.756 e. The predicted molar refractivity (Wildman–Crippen MR) is 298 cm³/mol. The van der Waals surface area contributed by atoms with Gasteiger partial charge in [-0.05, 0) is 102 Å². The van der Waals surface area contributed by atoms with Crippen molar-refractivity contribution in [3.05, 3.63) is 85.1 Å². The molecule has 0 aromatic carbocycles. The lowest BCUT2D eigenvalue weighted by Crippen LogP contribution is -2.47. The summed E-state index contributed by atoms with van der Waals surface area (Å²) >= 11 is 0. The maximum absolute atomic E-state index is 13.5. The molecule has 0 aliphatic heterocycles. The van der Waals surface area contributed by atoms with Gasteiger partial charge >= 0.3 is 5.97 Å². The van der Waals surface area contributed by atoms with Gasteiger partial charge in [-0.3, -0.25) is 14.2 Å². The number of esters is 1. The molecule has 70 heavy (non-hydrogen) atoms. The van der Waals surface area contributed by atoms with E-state index in [-0.39, 0.29) is 31.3 Å². The number of hydrogen-bond donors (Lipinski definition) is 1. The van der Waals surface area contributed by atoms with E-state index in [4.69, 9.17) is 13.8 Å². The first-order chi connectivity index (χ1) is 33.9. The normalized spacial score (nSPS) is 14.4. The third-order valence-electron chi connectivity index (χ3n) is 12.1. The number of carbonyl (C=O) groups is 2. The van der Waals surface area contributed by atoms with Crippen LogP contribution in [0.1, 0.15) is 233 Å². The van der Waals surface area contributed by atoms with Crippen LogP contribution in [0.15, 0.2) is 85.1 Å². The quantitative estimate of drug-likeness (QED) is 0.0212. The number of hydrogen-bond acceptors (Lipinski definition) is 7. The molecule has 1 amide bonds. The Bertz CT molecular complexity index is 1480. The van der Waals surface area contributed by atoms with Crippen molar-refractivity contribution in [2.75, 3.05) is 40.9 Å². The SMILES string of the molecule is CC/C=C/C/C=C/C/C=C/CCCCCCC(=O)NC(COP(=O)([O-])OCC[N+](C)(C)C)C(/C=C/CCCCCCCCCCCCC)OC(=O)CCCCCC/C=C\C/C=C\C/C=C\CCCCC. The Morgan fingerprint density at radius 2 is 0.914 bits per heavy atom. The standard InChI is InChI=1S/C60H107N2O7P/c1-7-10-13-16-19-22-25-28-30-31-32-35-38-41-44-47-50-53-60(64)69-58(51-48-45-42-39-36-33-27-24-21-18-15-12-9-3)57(56-68-70(65,66)67-55-54-62(4,5)6)61-59(63)52-49-46-43-40-37-34-29-26-23-20-17-14-11-8-2/h11,14,19-20,22-23,28-30,32,34-35,48,51,57-58H,7-10,12-13,15-18,21,24-27,31,33,36-47,49-50,52-56H2,1-6H3,(H-,61,63,65,66)/b14-11+,22-19-,23-20+,30-28-,34-29+,35-32-,51-48+. The highest BCUT2D eigenvalue weighted by Crippen LogP contribution is 2.38. The minimum absolute atomic E-state index is 0.0344.